The molecule has 23 heavy (non-hydrogen) atoms. The standard InChI is InChI=1S/C18H25N3OS/c1-18(2,3)17(22)20-11-13-5-4-9-21(12-13)15-6-8-19-14-7-10-23-16(14)15/h6-8,10,13H,4-5,9,11-12H2,1-3H3,(H,20,22). The number of fused-ring (bicyclic) bond motifs is 1. The second-order valence-electron chi connectivity index (χ2n) is 7.38. The number of nitrogens with zero attached hydrogens (tertiary/aromatic N) is 2. The third-order valence-corrected chi connectivity index (χ3v) is 5.34. The van der Waals surface area contributed by atoms with Crippen molar-refractivity contribution in [3.05, 3.63) is 23.7 Å². The summed E-state index contributed by atoms with van der Waals surface area (Å²) in [4.78, 5) is 19.0. The van der Waals surface area contributed by atoms with Crippen molar-refractivity contribution in [2.45, 2.75) is 33.6 Å². The molecule has 1 amide bonds. The summed E-state index contributed by atoms with van der Waals surface area (Å²) in [5.74, 6) is 0.650. The quantitative estimate of drug-likeness (QED) is 0.933. The molecule has 1 saturated heterocycles. The van der Waals surface area contributed by atoms with Gasteiger partial charge in [-0.05, 0) is 36.3 Å². The second kappa shape index (κ2) is 6.48. The highest BCUT2D eigenvalue weighted by molar-refractivity contribution is 7.17. The van der Waals surface area contributed by atoms with Gasteiger partial charge in [-0.15, -0.1) is 11.3 Å². The number of piperidine rings is 1. The molecule has 1 aliphatic rings. The van der Waals surface area contributed by atoms with Crippen LogP contribution < -0.4 is 10.2 Å². The van der Waals surface area contributed by atoms with E-state index in [0.29, 0.717) is 5.92 Å². The van der Waals surface area contributed by atoms with E-state index in [1.807, 2.05) is 27.0 Å². The monoisotopic (exact) mass is 331 g/mol. The van der Waals surface area contributed by atoms with Crippen molar-refractivity contribution >= 4 is 33.1 Å². The average molecular weight is 331 g/mol. The zero-order chi connectivity index (χ0) is 16.4. The number of carbonyl (C=O) groups excluding carboxylic acids is 1. The lowest BCUT2D eigenvalue weighted by molar-refractivity contribution is -0.128. The van der Waals surface area contributed by atoms with Crippen LogP contribution in [0.1, 0.15) is 33.6 Å². The number of aromatic nitrogens is 1. The molecule has 3 heterocycles. The van der Waals surface area contributed by atoms with Gasteiger partial charge in [-0.2, -0.15) is 0 Å². The Morgan fingerprint density at radius 2 is 2.26 bits per heavy atom. The van der Waals surface area contributed by atoms with E-state index in [1.54, 1.807) is 11.3 Å². The lowest BCUT2D eigenvalue weighted by Crippen LogP contribution is -2.43. The highest BCUT2D eigenvalue weighted by Crippen LogP contribution is 2.32. The maximum atomic E-state index is 12.1. The van der Waals surface area contributed by atoms with E-state index in [9.17, 15) is 4.79 Å². The van der Waals surface area contributed by atoms with E-state index in [0.717, 1.165) is 25.2 Å². The fourth-order valence-corrected chi connectivity index (χ4v) is 3.95. The number of rotatable bonds is 3. The summed E-state index contributed by atoms with van der Waals surface area (Å²) in [5, 5.41) is 5.22. The van der Waals surface area contributed by atoms with E-state index in [-0.39, 0.29) is 11.3 Å². The molecule has 4 nitrogen and oxygen atoms in total. The van der Waals surface area contributed by atoms with Crippen molar-refractivity contribution in [1.82, 2.24) is 10.3 Å². The first-order valence-electron chi connectivity index (χ1n) is 8.30. The smallest absolute Gasteiger partial charge is 0.225 e. The number of anilines is 1. The molecule has 2 aromatic heterocycles. The summed E-state index contributed by atoms with van der Waals surface area (Å²) in [6, 6.07) is 4.20. The summed E-state index contributed by atoms with van der Waals surface area (Å²) in [5.41, 5.74) is 2.05. The van der Waals surface area contributed by atoms with Crippen LogP contribution in [0.3, 0.4) is 0 Å². The largest absolute Gasteiger partial charge is 0.370 e. The van der Waals surface area contributed by atoms with Crippen molar-refractivity contribution in [1.29, 1.82) is 0 Å². The molecular formula is C18H25N3OS. The zero-order valence-corrected chi connectivity index (χ0v) is 14.9. The Morgan fingerprint density at radius 3 is 3.04 bits per heavy atom. The van der Waals surface area contributed by atoms with Crippen LogP contribution in [0.15, 0.2) is 23.7 Å². The Morgan fingerprint density at radius 1 is 1.43 bits per heavy atom. The van der Waals surface area contributed by atoms with Crippen LogP contribution in [0.5, 0.6) is 0 Å². The molecule has 0 spiro atoms. The normalized spacial score (nSPS) is 19.1. The SMILES string of the molecule is CC(C)(C)C(=O)NCC1CCCN(c2ccnc3ccsc23)C1. The predicted molar refractivity (Wildman–Crippen MR) is 97.0 cm³/mol. The number of pyridine rings is 1. The summed E-state index contributed by atoms with van der Waals surface area (Å²) >= 11 is 1.76. The van der Waals surface area contributed by atoms with Crippen LogP contribution in [-0.2, 0) is 4.79 Å². The van der Waals surface area contributed by atoms with E-state index < -0.39 is 0 Å². The number of nitrogens with one attached hydrogen (secondary N) is 1. The second-order valence-corrected chi connectivity index (χ2v) is 8.30. The van der Waals surface area contributed by atoms with Gasteiger partial charge in [-0.25, -0.2) is 0 Å². The first-order chi connectivity index (χ1) is 10.9. The van der Waals surface area contributed by atoms with Crippen LogP contribution in [0.4, 0.5) is 5.69 Å². The highest BCUT2D eigenvalue weighted by atomic mass is 32.1. The Labute approximate surface area is 141 Å². The van der Waals surface area contributed by atoms with E-state index >= 15 is 0 Å². The van der Waals surface area contributed by atoms with E-state index in [1.165, 1.54) is 23.2 Å². The number of carbonyl (C=O) groups is 1. The van der Waals surface area contributed by atoms with Crippen LogP contribution in [0.25, 0.3) is 10.2 Å². The highest BCUT2D eigenvalue weighted by Gasteiger charge is 2.25. The van der Waals surface area contributed by atoms with Gasteiger partial charge in [0.2, 0.25) is 5.91 Å². The molecule has 1 unspecified atom stereocenters. The molecule has 1 atom stereocenters. The topological polar surface area (TPSA) is 45.2 Å². The maximum Gasteiger partial charge on any atom is 0.225 e. The molecule has 0 radical (unpaired) electrons. The van der Waals surface area contributed by atoms with Crippen molar-refractivity contribution in [3.63, 3.8) is 0 Å². The molecule has 0 saturated carbocycles. The van der Waals surface area contributed by atoms with Crippen molar-refractivity contribution in [3.8, 4) is 0 Å². The molecule has 124 valence electrons. The summed E-state index contributed by atoms with van der Waals surface area (Å²) in [6.45, 7) is 8.73. The number of thiophene rings is 1. The van der Waals surface area contributed by atoms with Crippen LogP contribution in [0.2, 0.25) is 0 Å². The fourth-order valence-electron chi connectivity index (χ4n) is 3.06. The minimum atomic E-state index is -0.317. The maximum absolute atomic E-state index is 12.1. The average Bonchev–Trinajstić information content (AvgIpc) is 3.00. The van der Waals surface area contributed by atoms with Gasteiger partial charge in [0.25, 0.3) is 0 Å². The zero-order valence-electron chi connectivity index (χ0n) is 14.1. The molecule has 0 bridgehead atoms. The lowest BCUT2D eigenvalue weighted by atomic mass is 9.94. The molecule has 0 aliphatic carbocycles. The summed E-state index contributed by atoms with van der Waals surface area (Å²) in [7, 11) is 0. The summed E-state index contributed by atoms with van der Waals surface area (Å²) in [6.07, 6.45) is 4.25. The van der Waals surface area contributed by atoms with Crippen LogP contribution in [0, 0.1) is 11.3 Å². The Hall–Kier alpha value is -1.62. The third kappa shape index (κ3) is 3.66. The Kier molecular flexibility index (Phi) is 4.57. The number of amides is 1. The van der Waals surface area contributed by atoms with Crippen molar-refractivity contribution < 1.29 is 4.79 Å². The van der Waals surface area contributed by atoms with Crippen LogP contribution in [-0.4, -0.2) is 30.5 Å². The molecule has 0 aromatic carbocycles. The molecule has 5 heteroatoms. The first-order valence-corrected chi connectivity index (χ1v) is 9.18. The molecule has 1 aliphatic heterocycles. The number of hydrogen-bond acceptors (Lipinski definition) is 4. The van der Waals surface area contributed by atoms with Crippen molar-refractivity contribution in [2.24, 2.45) is 11.3 Å². The van der Waals surface area contributed by atoms with Crippen molar-refractivity contribution in [2.75, 3.05) is 24.5 Å². The molecule has 3 rings (SSSR count). The van der Waals surface area contributed by atoms with E-state index in [4.69, 9.17) is 0 Å². The minimum absolute atomic E-state index is 0.138. The van der Waals surface area contributed by atoms with Gasteiger partial charge in [0.15, 0.2) is 0 Å². The van der Waals surface area contributed by atoms with Gasteiger partial charge in [-0.3, -0.25) is 9.78 Å². The number of hydrogen-bond donors (Lipinski definition) is 1. The molecule has 1 N–H and O–H groups in total. The first kappa shape index (κ1) is 16.2. The molecular weight excluding hydrogens is 306 g/mol. The molecule has 1 fully saturated rings. The van der Waals surface area contributed by atoms with Gasteiger partial charge >= 0.3 is 0 Å². The minimum Gasteiger partial charge on any atom is -0.370 e. The lowest BCUT2D eigenvalue weighted by Gasteiger charge is -2.35. The molecule has 2 aromatic rings. The van der Waals surface area contributed by atoms with E-state index in [2.05, 4.69) is 32.7 Å². The third-order valence-electron chi connectivity index (χ3n) is 4.42. The Balaban J connectivity index is 1.67. The van der Waals surface area contributed by atoms with Gasteiger partial charge in [0, 0.05) is 31.2 Å². The van der Waals surface area contributed by atoms with Gasteiger partial charge in [-0.1, -0.05) is 20.8 Å². The van der Waals surface area contributed by atoms with Gasteiger partial charge in [0.05, 0.1) is 15.9 Å². The Bertz CT molecular complexity index is 689. The van der Waals surface area contributed by atoms with Crippen LogP contribution >= 0.6 is 11.3 Å². The fraction of sp³-hybridized carbons (Fsp3) is 0.556. The van der Waals surface area contributed by atoms with Gasteiger partial charge < -0.3 is 10.2 Å². The predicted octanol–water partition coefficient (Wildman–Crippen LogP) is 3.68. The van der Waals surface area contributed by atoms with Gasteiger partial charge in [0.1, 0.15) is 0 Å². The summed E-state index contributed by atoms with van der Waals surface area (Å²) < 4.78 is 1.27.